The third kappa shape index (κ3) is 2.84. The molecule has 2 aromatic rings. The predicted molar refractivity (Wildman–Crippen MR) is 95.0 cm³/mol. The fourth-order valence-corrected chi connectivity index (χ4v) is 4.00. The average molecular weight is 323 g/mol. The van der Waals surface area contributed by atoms with Crippen LogP contribution in [0.4, 0.5) is 5.69 Å². The number of fused-ring (bicyclic) bond motifs is 1. The number of carbonyl (C=O) groups is 1. The molecule has 116 valence electrons. The number of benzene rings is 2. The topological polar surface area (TPSA) is 44.7 Å². The molecule has 1 amide bonds. The van der Waals surface area contributed by atoms with Gasteiger partial charge in [0.1, 0.15) is 0 Å². The number of amidine groups is 1. The van der Waals surface area contributed by atoms with Crippen molar-refractivity contribution in [2.75, 3.05) is 24.2 Å². The maximum atomic E-state index is 12.4. The number of para-hydroxylation sites is 1. The molecule has 1 atom stereocenters. The second-order valence-electron chi connectivity index (χ2n) is 5.63. The van der Waals surface area contributed by atoms with Gasteiger partial charge in [0.2, 0.25) is 0 Å². The number of rotatable bonds is 3. The van der Waals surface area contributed by atoms with E-state index in [4.69, 9.17) is 4.99 Å². The van der Waals surface area contributed by atoms with Crippen molar-refractivity contribution in [3.8, 4) is 0 Å². The minimum Gasteiger partial charge on any atom is -0.348 e. The molecule has 0 bridgehead atoms. The molecule has 1 saturated heterocycles. The second-order valence-corrected chi connectivity index (χ2v) is 6.69. The third-order valence-electron chi connectivity index (χ3n) is 4.13. The summed E-state index contributed by atoms with van der Waals surface area (Å²) in [6.45, 7) is 1.97. The van der Waals surface area contributed by atoms with Crippen LogP contribution in [0.3, 0.4) is 0 Å². The van der Waals surface area contributed by atoms with E-state index in [9.17, 15) is 4.79 Å². The van der Waals surface area contributed by atoms with Crippen molar-refractivity contribution in [3.05, 3.63) is 65.7 Å². The number of thioether (sulfide) groups is 1. The Hall–Kier alpha value is -2.27. The SMILES string of the molecule is O=C(Nc1ccccc1C1CN2CCSC2=N1)c1ccccc1. The molecule has 4 nitrogen and oxygen atoms in total. The Labute approximate surface area is 139 Å². The Morgan fingerprint density at radius 1 is 1.13 bits per heavy atom. The Morgan fingerprint density at radius 2 is 1.91 bits per heavy atom. The summed E-state index contributed by atoms with van der Waals surface area (Å²) in [5, 5.41) is 4.17. The van der Waals surface area contributed by atoms with Crippen LogP contribution in [0.1, 0.15) is 22.0 Å². The first-order valence-electron chi connectivity index (χ1n) is 7.72. The highest BCUT2D eigenvalue weighted by atomic mass is 32.2. The Kier molecular flexibility index (Phi) is 3.79. The lowest BCUT2D eigenvalue weighted by atomic mass is 10.0. The van der Waals surface area contributed by atoms with E-state index >= 15 is 0 Å². The third-order valence-corrected chi connectivity index (χ3v) is 5.13. The summed E-state index contributed by atoms with van der Waals surface area (Å²) in [6.07, 6.45) is 0. The molecular weight excluding hydrogens is 306 g/mol. The summed E-state index contributed by atoms with van der Waals surface area (Å²) in [4.78, 5) is 19.6. The van der Waals surface area contributed by atoms with Gasteiger partial charge in [0.15, 0.2) is 5.17 Å². The van der Waals surface area contributed by atoms with Crippen LogP contribution in [-0.2, 0) is 0 Å². The zero-order chi connectivity index (χ0) is 15.6. The van der Waals surface area contributed by atoms with Crippen LogP contribution in [0.25, 0.3) is 0 Å². The standard InChI is InChI=1S/C18H17N3OS/c22-17(13-6-2-1-3-7-13)19-15-9-5-4-8-14(15)16-12-21-10-11-23-18(21)20-16/h1-9,16H,10-12H2,(H,19,22). The van der Waals surface area contributed by atoms with Crippen LogP contribution in [0, 0.1) is 0 Å². The minimum absolute atomic E-state index is 0.0847. The summed E-state index contributed by atoms with van der Waals surface area (Å²) in [7, 11) is 0. The molecule has 2 aromatic carbocycles. The van der Waals surface area contributed by atoms with E-state index in [0.29, 0.717) is 5.56 Å². The van der Waals surface area contributed by atoms with Crippen molar-refractivity contribution in [2.24, 2.45) is 4.99 Å². The zero-order valence-corrected chi connectivity index (χ0v) is 13.4. The monoisotopic (exact) mass is 323 g/mol. The van der Waals surface area contributed by atoms with Crippen LogP contribution in [-0.4, -0.2) is 34.8 Å². The fourth-order valence-electron chi connectivity index (χ4n) is 2.96. The van der Waals surface area contributed by atoms with Gasteiger partial charge < -0.3 is 10.2 Å². The molecule has 1 unspecified atom stereocenters. The summed E-state index contributed by atoms with van der Waals surface area (Å²) < 4.78 is 0. The highest BCUT2D eigenvalue weighted by Crippen LogP contribution is 2.35. The van der Waals surface area contributed by atoms with Gasteiger partial charge in [0.25, 0.3) is 5.91 Å². The molecule has 0 aromatic heterocycles. The zero-order valence-electron chi connectivity index (χ0n) is 12.6. The van der Waals surface area contributed by atoms with E-state index in [1.807, 2.05) is 60.3 Å². The molecule has 5 heteroatoms. The molecule has 1 N–H and O–H groups in total. The summed E-state index contributed by atoms with van der Waals surface area (Å²) >= 11 is 1.82. The van der Waals surface area contributed by atoms with E-state index in [1.54, 1.807) is 0 Å². The van der Waals surface area contributed by atoms with Crippen LogP contribution in [0.15, 0.2) is 59.6 Å². The van der Waals surface area contributed by atoms with Crippen molar-refractivity contribution in [1.29, 1.82) is 0 Å². The lowest BCUT2D eigenvalue weighted by Gasteiger charge is -2.16. The minimum atomic E-state index is -0.0847. The Morgan fingerprint density at radius 3 is 2.74 bits per heavy atom. The number of hydrogen-bond donors (Lipinski definition) is 1. The van der Waals surface area contributed by atoms with Crippen molar-refractivity contribution in [3.63, 3.8) is 0 Å². The lowest BCUT2D eigenvalue weighted by molar-refractivity contribution is 0.102. The van der Waals surface area contributed by atoms with Crippen molar-refractivity contribution >= 4 is 28.5 Å². The first-order chi connectivity index (χ1) is 11.3. The number of aliphatic imine (C=N–C) groups is 1. The molecule has 2 aliphatic rings. The molecule has 1 fully saturated rings. The van der Waals surface area contributed by atoms with Gasteiger partial charge in [-0.25, -0.2) is 0 Å². The number of carbonyl (C=O) groups excluding carboxylic acids is 1. The molecular formula is C18H17N3OS. The largest absolute Gasteiger partial charge is 0.348 e. The highest BCUT2D eigenvalue weighted by Gasteiger charge is 2.31. The number of anilines is 1. The number of nitrogens with one attached hydrogen (secondary N) is 1. The number of amides is 1. The van der Waals surface area contributed by atoms with Gasteiger partial charge in [-0.3, -0.25) is 9.79 Å². The van der Waals surface area contributed by atoms with Crippen LogP contribution >= 0.6 is 11.8 Å². The Bertz CT molecular complexity index is 760. The molecule has 4 rings (SSSR count). The van der Waals surface area contributed by atoms with Gasteiger partial charge in [0, 0.05) is 35.7 Å². The normalized spacial score (nSPS) is 19.4. The molecule has 0 saturated carbocycles. The molecule has 0 radical (unpaired) electrons. The van der Waals surface area contributed by atoms with Crippen LogP contribution in [0.2, 0.25) is 0 Å². The predicted octanol–water partition coefficient (Wildman–Crippen LogP) is 3.40. The van der Waals surface area contributed by atoms with Gasteiger partial charge in [0.05, 0.1) is 6.04 Å². The van der Waals surface area contributed by atoms with Crippen molar-refractivity contribution in [2.45, 2.75) is 6.04 Å². The molecule has 2 aliphatic heterocycles. The van der Waals surface area contributed by atoms with Crippen molar-refractivity contribution in [1.82, 2.24) is 4.90 Å². The quantitative estimate of drug-likeness (QED) is 0.941. The smallest absolute Gasteiger partial charge is 0.255 e. The summed E-state index contributed by atoms with van der Waals surface area (Å²) in [6, 6.07) is 17.3. The van der Waals surface area contributed by atoms with Gasteiger partial charge in [-0.1, -0.05) is 48.2 Å². The van der Waals surface area contributed by atoms with E-state index in [-0.39, 0.29) is 11.9 Å². The summed E-state index contributed by atoms with van der Waals surface area (Å²) in [5.74, 6) is 1.04. The molecule has 2 heterocycles. The van der Waals surface area contributed by atoms with E-state index in [0.717, 1.165) is 35.3 Å². The second kappa shape index (κ2) is 6.08. The van der Waals surface area contributed by atoms with Crippen molar-refractivity contribution < 1.29 is 4.79 Å². The first kappa shape index (κ1) is 14.3. The Balaban J connectivity index is 1.58. The van der Waals surface area contributed by atoms with E-state index in [2.05, 4.69) is 16.3 Å². The fraction of sp³-hybridized carbons (Fsp3) is 0.222. The highest BCUT2D eigenvalue weighted by molar-refractivity contribution is 8.14. The maximum absolute atomic E-state index is 12.4. The lowest BCUT2D eigenvalue weighted by Crippen LogP contribution is -2.22. The molecule has 23 heavy (non-hydrogen) atoms. The number of hydrogen-bond acceptors (Lipinski definition) is 4. The van der Waals surface area contributed by atoms with E-state index in [1.165, 1.54) is 0 Å². The van der Waals surface area contributed by atoms with Gasteiger partial charge in [-0.05, 0) is 18.2 Å². The first-order valence-corrected chi connectivity index (χ1v) is 8.71. The van der Waals surface area contributed by atoms with Crippen LogP contribution < -0.4 is 5.32 Å². The van der Waals surface area contributed by atoms with E-state index < -0.39 is 0 Å². The summed E-state index contributed by atoms with van der Waals surface area (Å²) in [5.41, 5.74) is 2.59. The average Bonchev–Trinajstić information content (AvgIpc) is 3.18. The molecule has 0 aliphatic carbocycles. The van der Waals surface area contributed by atoms with Gasteiger partial charge >= 0.3 is 0 Å². The number of nitrogens with zero attached hydrogens (tertiary/aromatic N) is 2. The van der Waals surface area contributed by atoms with Gasteiger partial charge in [-0.15, -0.1) is 0 Å². The molecule has 0 spiro atoms. The maximum Gasteiger partial charge on any atom is 0.255 e. The van der Waals surface area contributed by atoms with Gasteiger partial charge in [-0.2, -0.15) is 0 Å². The van der Waals surface area contributed by atoms with Crippen LogP contribution in [0.5, 0.6) is 0 Å².